The van der Waals surface area contributed by atoms with Gasteiger partial charge in [-0.05, 0) is 74.1 Å². The van der Waals surface area contributed by atoms with Gasteiger partial charge in [0.1, 0.15) is 5.75 Å². The molecule has 33 heavy (non-hydrogen) atoms. The third-order valence-corrected chi connectivity index (χ3v) is 5.85. The molecule has 0 saturated carbocycles. The Kier molecular flexibility index (Phi) is 9.13. The lowest BCUT2D eigenvalue weighted by atomic mass is 9.96. The van der Waals surface area contributed by atoms with Crippen molar-refractivity contribution in [3.8, 4) is 5.75 Å². The SMILES string of the molecule is CCOC(=O)Oc1ccc(C(=O)NCC2CCN(C(=O)CCc3cccc(Cl)c3)CC2)cc1. The minimum atomic E-state index is -0.774. The fraction of sp³-hybridized carbons (Fsp3) is 0.400. The Morgan fingerprint density at radius 3 is 2.48 bits per heavy atom. The second-order valence-electron chi connectivity index (χ2n) is 7.97. The van der Waals surface area contributed by atoms with E-state index >= 15 is 0 Å². The van der Waals surface area contributed by atoms with Crippen LogP contribution in [-0.2, 0) is 16.0 Å². The van der Waals surface area contributed by atoms with Crippen molar-refractivity contribution in [3.63, 3.8) is 0 Å². The topological polar surface area (TPSA) is 84.9 Å². The van der Waals surface area contributed by atoms with Gasteiger partial charge in [0.25, 0.3) is 5.91 Å². The van der Waals surface area contributed by atoms with E-state index in [1.807, 2.05) is 29.2 Å². The maximum atomic E-state index is 12.5. The summed E-state index contributed by atoms with van der Waals surface area (Å²) in [5, 5.41) is 3.64. The van der Waals surface area contributed by atoms with E-state index in [1.165, 1.54) is 0 Å². The Labute approximate surface area is 199 Å². The van der Waals surface area contributed by atoms with Crippen molar-refractivity contribution >= 4 is 29.6 Å². The molecule has 1 N–H and O–H groups in total. The first-order valence-corrected chi connectivity index (χ1v) is 11.6. The Morgan fingerprint density at radius 1 is 1.09 bits per heavy atom. The number of amides is 2. The van der Waals surface area contributed by atoms with Gasteiger partial charge in [0.2, 0.25) is 5.91 Å². The molecule has 0 spiro atoms. The van der Waals surface area contributed by atoms with Crippen LogP contribution in [0.5, 0.6) is 5.75 Å². The molecule has 1 heterocycles. The maximum Gasteiger partial charge on any atom is 0.513 e. The summed E-state index contributed by atoms with van der Waals surface area (Å²) in [6.45, 7) is 3.89. The largest absolute Gasteiger partial charge is 0.513 e. The number of nitrogens with zero attached hydrogens (tertiary/aromatic N) is 1. The van der Waals surface area contributed by atoms with Crippen LogP contribution < -0.4 is 10.1 Å². The molecule has 8 heteroatoms. The number of likely N-dealkylation sites (tertiary alicyclic amines) is 1. The number of hydrogen-bond donors (Lipinski definition) is 1. The van der Waals surface area contributed by atoms with E-state index in [1.54, 1.807) is 31.2 Å². The summed E-state index contributed by atoms with van der Waals surface area (Å²) >= 11 is 6.00. The van der Waals surface area contributed by atoms with Gasteiger partial charge in [-0.25, -0.2) is 4.79 Å². The molecular formula is C25H29ClN2O5. The van der Waals surface area contributed by atoms with E-state index in [0.717, 1.165) is 18.4 Å². The monoisotopic (exact) mass is 472 g/mol. The molecule has 176 valence electrons. The lowest BCUT2D eigenvalue weighted by Gasteiger charge is -2.32. The number of carbonyl (C=O) groups excluding carboxylic acids is 3. The predicted molar refractivity (Wildman–Crippen MR) is 126 cm³/mol. The van der Waals surface area contributed by atoms with Crippen molar-refractivity contribution in [2.75, 3.05) is 26.2 Å². The molecule has 1 aliphatic heterocycles. The van der Waals surface area contributed by atoms with Gasteiger partial charge in [-0.3, -0.25) is 9.59 Å². The van der Waals surface area contributed by atoms with E-state index < -0.39 is 6.16 Å². The smallest absolute Gasteiger partial charge is 0.434 e. The van der Waals surface area contributed by atoms with Crippen LogP contribution in [0, 0.1) is 5.92 Å². The molecule has 2 aromatic carbocycles. The Balaban J connectivity index is 1.37. The highest BCUT2D eigenvalue weighted by atomic mass is 35.5. The molecular weight excluding hydrogens is 444 g/mol. The van der Waals surface area contributed by atoms with Crippen LogP contribution in [0.25, 0.3) is 0 Å². The Bertz CT molecular complexity index is 956. The first-order chi connectivity index (χ1) is 15.9. The van der Waals surface area contributed by atoms with Crippen LogP contribution in [0.2, 0.25) is 5.02 Å². The average Bonchev–Trinajstić information content (AvgIpc) is 2.82. The lowest BCUT2D eigenvalue weighted by Crippen LogP contribution is -2.41. The molecule has 0 radical (unpaired) electrons. The van der Waals surface area contributed by atoms with Gasteiger partial charge >= 0.3 is 6.16 Å². The van der Waals surface area contributed by atoms with Crippen LogP contribution in [-0.4, -0.2) is 49.1 Å². The molecule has 0 unspecified atom stereocenters. The predicted octanol–water partition coefficient (Wildman–Crippen LogP) is 4.48. The summed E-state index contributed by atoms with van der Waals surface area (Å²) in [5.74, 6) is 0.620. The van der Waals surface area contributed by atoms with Crippen LogP contribution in [0.3, 0.4) is 0 Å². The second-order valence-corrected chi connectivity index (χ2v) is 8.41. The van der Waals surface area contributed by atoms with Gasteiger partial charge in [-0.15, -0.1) is 0 Å². The molecule has 2 amide bonds. The third-order valence-electron chi connectivity index (χ3n) is 5.61. The lowest BCUT2D eigenvalue weighted by molar-refractivity contribution is -0.132. The minimum absolute atomic E-state index is 0.155. The Hall–Kier alpha value is -3.06. The highest BCUT2D eigenvalue weighted by Gasteiger charge is 2.23. The summed E-state index contributed by atoms with van der Waals surface area (Å²) < 4.78 is 9.71. The van der Waals surface area contributed by atoms with E-state index in [4.69, 9.17) is 21.1 Å². The molecule has 1 fully saturated rings. The summed E-state index contributed by atoms with van der Waals surface area (Å²) in [6, 6.07) is 13.9. The standard InChI is InChI=1S/C25H29ClN2O5/c1-2-32-25(31)33-22-9-7-20(8-10-22)24(30)27-17-19-12-14-28(15-13-19)23(29)11-6-18-4-3-5-21(26)16-18/h3-5,7-10,16,19H,2,6,11-15,17H2,1H3,(H,27,30). The van der Waals surface area contributed by atoms with Crippen LogP contribution in [0.1, 0.15) is 42.1 Å². The van der Waals surface area contributed by atoms with Crippen molar-refractivity contribution in [1.82, 2.24) is 10.2 Å². The summed E-state index contributed by atoms with van der Waals surface area (Å²) in [6.07, 6.45) is 2.09. The number of nitrogens with one attached hydrogen (secondary N) is 1. The highest BCUT2D eigenvalue weighted by molar-refractivity contribution is 6.30. The van der Waals surface area contributed by atoms with E-state index in [9.17, 15) is 14.4 Å². The number of hydrogen-bond acceptors (Lipinski definition) is 5. The molecule has 0 aliphatic carbocycles. The van der Waals surface area contributed by atoms with Crippen LogP contribution in [0.4, 0.5) is 4.79 Å². The van der Waals surface area contributed by atoms with E-state index in [-0.39, 0.29) is 18.4 Å². The van der Waals surface area contributed by atoms with E-state index in [2.05, 4.69) is 5.32 Å². The zero-order chi connectivity index (χ0) is 23.6. The summed E-state index contributed by atoms with van der Waals surface area (Å²) in [7, 11) is 0. The van der Waals surface area contributed by atoms with Gasteiger partial charge in [-0.1, -0.05) is 23.7 Å². The van der Waals surface area contributed by atoms with Crippen LogP contribution >= 0.6 is 11.6 Å². The number of piperidine rings is 1. The molecule has 0 atom stereocenters. The fourth-order valence-electron chi connectivity index (χ4n) is 3.75. The van der Waals surface area contributed by atoms with Gasteiger partial charge in [0.15, 0.2) is 0 Å². The minimum Gasteiger partial charge on any atom is -0.434 e. The van der Waals surface area contributed by atoms with Crippen molar-refractivity contribution in [1.29, 1.82) is 0 Å². The zero-order valence-corrected chi connectivity index (χ0v) is 19.5. The first kappa shape index (κ1) is 24.6. The van der Waals surface area contributed by atoms with Crippen molar-refractivity contribution < 1.29 is 23.9 Å². The van der Waals surface area contributed by atoms with Gasteiger partial charge < -0.3 is 19.7 Å². The quantitative estimate of drug-likeness (QED) is 0.452. The van der Waals surface area contributed by atoms with Gasteiger partial charge in [0.05, 0.1) is 6.61 Å². The van der Waals surface area contributed by atoms with Gasteiger partial charge in [-0.2, -0.15) is 0 Å². The molecule has 1 saturated heterocycles. The number of benzene rings is 2. The highest BCUT2D eigenvalue weighted by Crippen LogP contribution is 2.19. The van der Waals surface area contributed by atoms with Crippen molar-refractivity contribution in [2.45, 2.75) is 32.6 Å². The zero-order valence-electron chi connectivity index (χ0n) is 18.7. The number of rotatable bonds is 8. The molecule has 0 aromatic heterocycles. The number of ether oxygens (including phenoxy) is 2. The molecule has 2 aromatic rings. The summed E-state index contributed by atoms with van der Waals surface area (Å²) in [5.41, 5.74) is 1.55. The average molecular weight is 473 g/mol. The number of halogens is 1. The first-order valence-electron chi connectivity index (χ1n) is 11.2. The summed E-state index contributed by atoms with van der Waals surface area (Å²) in [4.78, 5) is 38.2. The molecule has 7 nitrogen and oxygen atoms in total. The second kappa shape index (κ2) is 12.3. The van der Waals surface area contributed by atoms with Crippen molar-refractivity contribution in [2.24, 2.45) is 5.92 Å². The Morgan fingerprint density at radius 2 is 1.82 bits per heavy atom. The number of aryl methyl sites for hydroxylation is 1. The van der Waals surface area contributed by atoms with Crippen LogP contribution in [0.15, 0.2) is 48.5 Å². The molecule has 1 aliphatic rings. The van der Waals surface area contributed by atoms with Crippen molar-refractivity contribution in [3.05, 3.63) is 64.7 Å². The normalized spacial score (nSPS) is 13.9. The number of carbonyl (C=O) groups is 3. The van der Waals surface area contributed by atoms with E-state index in [0.29, 0.717) is 54.7 Å². The molecule has 3 rings (SSSR count). The fourth-order valence-corrected chi connectivity index (χ4v) is 3.96. The maximum absolute atomic E-state index is 12.5. The van der Waals surface area contributed by atoms with Gasteiger partial charge in [0, 0.05) is 36.6 Å². The molecule has 0 bridgehead atoms. The third kappa shape index (κ3) is 7.79.